The van der Waals surface area contributed by atoms with Gasteiger partial charge in [-0.1, -0.05) is 19.3 Å². The summed E-state index contributed by atoms with van der Waals surface area (Å²) in [6.45, 7) is 0.440. The Kier molecular flexibility index (Phi) is 4.04. The van der Waals surface area contributed by atoms with E-state index in [4.69, 9.17) is 5.73 Å². The zero-order valence-electron chi connectivity index (χ0n) is 10.9. The van der Waals surface area contributed by atoms with Crippen LogP contribution in [0.25, 0.3) is 0 Å². The fraction of sp³-hybridized carbons (Fsp3) is 0.750. The first-order chi connectivity index (χ1) is 9.09. The minimum atomic E-state index is -0.760. The first-order valence-electron chi connectivity index (χ1n) is 6.70. The van der Waals surface area contributed by atoms with Crippen LogP contribution in [-0.2, 0) is 9.59 Å². The number of nitrogens with two attached hydrogens (primary N) is 1. The molecule has 0 aromatic heterocycles. The van der Waals surface area contributed by atoms with Crippen LogP contribution in [0.2, 0.25) is 0 Å². The van der Waals surface area contributed by atoms with Gasteiger partial charge >= 0.3 is 6.03 Å². The molecule has 1 saturated heterocycles. The Bertz CT molecular complexity index is 390. The van der Waals surface area contributed by atoms with Crippen LogP contribution in [0.1, 0.15) is 32.1 Å². The molecule has 2 rings (SSSR count). The predicted octanol–water partition coefficient (Wildman–Crippen LogP) is -0.684. The molecular weight excluding hydrogens is 248 g/mol. The molecule has 2 aliphatic rings. The van der Waals surface area contributed by atoms with E-state index in [0.717, 1.165) is 24.2 Å². The van der Waals surface area contributed by atoms with Gasteiger partial charge in [-0.2, -0.15) is 0 Å². The number of amides is 4. The zero-order valence-corrected chi connectivity index (χ0v) is 10.9. The second-order valence-electron chi connectivity index (χ2n) is 5.10. The largest absolute Gasteiger partial charge is 0.353 e. The maximum Gasteiger partial charge on any atom is 0.325 e. The maximum atomic E-state index is 12.3. The Morgan fingerprint density at radius 1 is 1.32 bits per heavy atom. The lowest BCUT2D eigenvalue weighted by atomic mass is 9.82. The van der Waals surface area contributed by atoms with Gasteiger partial charge in [-0.05, 0) is 12.8 Å². The predicted molar refractivity (Wildman–Crippen MR) is 68.1 cm³/mol. The summed E-state index contributed by atoms with van der Waals surface area (Å²) < 4.78 is 0. The number of carbonyl (C=O) groups excluding carboxylic acids is 3. The van der Waals surface area contributed by atoms with Crippen LogP contribution in [0.3, 0.4) is 0 Å². The van der Waals surface area contributed by atoms with Crippen LogP contribution >= 0.6 is 0 Å². The topological polar surface area (TPSA) is 105 Å². The summed E-state index contributed by atoms with van der Waals surface area (Å²) >= 11 is 0. The number of nitrogens with zero attached hydrogens (tertiary/aromatic N) is 1. The number of imide groups is 1. The molecule has 4 amide bonds. The number of nitrogens with one attached hydrogen (secondary N) is 2. The molecule has 7 nitrogen and oxygen atoms in total. The summed E-state index contributed by atoms with van der Waals surface area (Å²) in [5, 5.41) is 5.32. The van der Waals surface area contributed by atoms with E-state index in [-0.39, 0.29) is 18.4 Å². The number of hydrogen-bond acceptors (Lipinski definition) is 4. The molecule has 1 heterocycles. The van der Waals surface area contributed by atoms with Crippen molar-refractivity contribution in [2.24, 2.45) is 5.73 Å². The lowest BCUT2D eigenvalue weighted by molar-refractivity contribution is -0.135. The minimum absolute atomic E-state index is 0.230. The molecule has 19 heavy (non-hydrogen) atoms. The molecule has 0 radical (unpaired) electrons. The summed E-state index contributed by atoms with van der Waals surface area (Å²) in [4.78, 5) is 36.8. The van der Waals surface area contributed by atoms with E-state index in [1.807, 2.05) is 0 Å². The molecule has 1 spiro atoms. The van der Waals surface area contributed by atoms with E-state index in [0.29, 0.717) is 25.9 Å². The van der Waals surface area contributed by atoms with Crippen molar-refractivity contribution in [1.29, 1.82) is 0 Å². The van der Waals surface area contributed by atoms with Crippen molar-refractivity contribution in [1.82, 2.24) is 15.5 Å². The van der Waals surface area contributed by atoms with E-state index >= 15 is 0 Å². The molecule has 1 aliphatic heterocycles. The van der Waals surface area contributed by atoms with E-state index in [1.165, 1.54) is 0 Å². The Morgan fingerprint density at radius 3 is 2.63 bits per heavy atom. The third-order valence-corrected chi connectivity index (χ3v) is 3.72. The standard InChI is InChI=1S/C12H20N4O3/c13-6-7-14-9(17)8-16-10(18)12(15-11(16)19)4-2-1-3-5-12/h1-8,13H2,(H,14,17)(H,15,19). The summed E-state index contributed by atoms with van der Waals surface area (Å²) in [6.07, 6.45) is 4.28. The molecule has 4 N–H and O–H groups in total. The van der Waals surface area contributed by atoms with Gasteiger partial charge in [-0.25, -0.2) is 4.79 Å². The van der Waals surface area contributed by atoms with Crippen LogP contribution in [0, 0.1) is 0 Å². The second kappa shape index (κ2) is 5.56. The molecule has 0 bridgehead atoms. The van der Waals surface area contributed by atoms with Crippen LogP contribution in [-0.4, -0.2) is 47.9 Å². The molecule has 7 heteroatoms. The van der Waals surface area contributed by atoms with Crippen molar-refractivity contribution in [3.8, 4) is 0 Å². The van der Waals surface area contributed by atoms with Gasteiger partial charge in [-0.3, -0.25) is 14.5 Å². The molecular formula is C12H20N4O3. The van der Waals surface area contributed by atoms with Crippen molar-refractivity contribution in [3.05, 3.63) is 0 Å². The maximum absolute atomic E-state index is 12.3. The van der Waals surface area contributed by atoms with Gasteiger partial charge in [0.15, 0.2) is 0 Å². The lowest BCUT2D eigenvalue weighted by Gasteiger charge is -2.30. The third-order valence-electron chi connectivity index (χ3n) is 3.72. The molecule has 0 aromatic carbocycles. The monoisotopic (exact) mass is 268 g/mol. The number of carbonyl (C=O) groups is 3. The fourth-order valence-corrected chi connectivity index (χ4v) is 2.73. The number of hydrogen-bond donors (Lipinski definition) is 3. The highest BCUT2D eigenvalue weighted by molar-refractivity contribution is 6.09. The minimum Gasteiger partial charge on any atom is -0.353 e. The summed E-state index contributed by atoms with van der Waals surface area (Å²) in [6, 6.07) is -0.463. The van der Waals surface area contributed by atoms with Crippen molar-refractivity contribution >= 4 is 17.8 Å². The van der Waals surface area contributed by atoms with Gasteiger partial charge in [0.1, 0.15) is 12.1 Å². The molecule has 0 aromatic rings. The molecule has 1 aliphatic carbocycles. The lowest BCUT2D eigenvalue weighted by Crippen LogP contribution is -2.49. The van der Waals surface area contributed by atoms with Crippen LogP contribution < -0.4 is 16.4 Å². The average Bonchev–Trinajstić information content (AvgIpc) is 2.62. The Hall–Kier alpha value is -1.63. The Balaban J connectivity index is 2.00. The van der Waals surface area contributed by atoms with E-state index in [2.05, 4.69) is 10.6 Å². The van der Waals surface area contributed by atoms with Crippen molar-refractivity contribution in [2.75, 3.05) is 19.6 Å². The molecule has 106 valence electrons. The third kappa shape index (κ3) is 2.70. The van der Waals surface area contributed by atoms with Crippen LogP contribution in [0.5, 0.6) is 0 Å². The highest BCUT2D eigenvalue weighted by atomic mass is 16.2. The Labute approximate surface area is 111 Å². The molecule has 0 atom stereocenters. The van der Waals surface area contributed by atoms with E-state index in [1.54, 1.807) is 0 Å². The van der Waals surface area contributed by atoms with Gasteiger partial charge in [0.05, 0.1) is 0 Å². The number of rotatable bonds is 4. The quantitative estimate of drug-likeness (QED) is 0.587. The highest BCUT2D eigenvalue weighted by Crippen LogP contribution is 2.33. The van der Waals surface area contributed by atoms with Gasteiger partial charge in [0, 0.05) is 13.1 Å². The molecule has 0 unspecified atom stereocenters. The Morgan fingerprint density at radius 2 is 2.00 bits per heavy atom. The van der Waals surface area contributed by atoms with Crippen LogP contribution in [0.15, 0.2) is 0 Å². The average molecular weight is 268 g/mol. The second-order valence-corrected chi connectivity index (χ2v) is 5.10. The van der Waals surface area contributed by atoms with Crippen LogP contribution in [0.4, 0.5) is 4.79 Å². The van der Waals surface area contributed by atoms with E-state index in [9.17, 15) is 14.4 Å². The summed E-state index contributed by atoms with van der Waals surface area (Å²) in [7, 11) is 0. The van der Waals surface area contributed by atoms with Gasteiger partial charge < -0.3 is 16.4 Å². The SMILES string of the molecule is NCCNC(=O)CN1C(=O)NC2(CCCCC2)C1=O. The van der Waals surface area contributed by atoms with Gasteiger partial charge in [0.2, 0.25) is 5.91 Å². The zero-order chi connectivity index (χ0) is 13.9. The first-order valence-corrected chi connectivity index (χ1v) is 6.70. The van der Waals surface area contributed by atoms with E-state index < -0.39 is 11.6 Å². The van der Waals surface area contributed by atoms with Gasteiger partial charge in [-0.15, -0.1) is 0 Å². The van der Waals surface area contributed by atoms with Crippen molar-refractivity contribution in [3.63, 3.8) is 0 Å². The number of urea groups is 1. The van der Waals surface area contributed by atoms with Gasteiger partial charge in [0.25, 0.3) is 5.91 Å². The van der Waals surface area contributed by atoms with Crippen molar-refractivity contribution in [2.45, 2.75) is 37.6 Å². The summed E-state index contributed by atoms with van der Waals surface area (Å²) in [5.41, 5.74) is 4.52. The highest BCUT2D eigenvalue weighted by Gasteiger charge is 2.51. The summed E-state index contributed by atoms with van der Waals surface area (Å²) in [5.74, 6) is -0.623. The van der Waals surface area contributed by atoms with Crippen molar-refractivity contribution < 1.29 is 14.4 Å². The smallest absolute Gasteiger partial charge is 0.325 e. The normalized spacial score (nSPS) is 21.6. The first kappa shape index (κ1) is 13.8. The molecule has 2 fully saturated rings. The molecule has 1 saturated carbocycles. The fourth-order valence-electron chi connectivity index (χ4n) is 2.73.